The van der Waals surface area contributed by atoms with Crippen molar-refractivity contribution in [1.82, 2.24) is 10.2 Å². The summed E-state index contributed by atoms with van der Waals surface area (Å²) in [4.78, 5) is 2.45. The van der Waals surface area contributed by atoms with Crippen LogP contribution in [0.3, 0.4) is 0 Å². The van der Waals surface area contributed by atoms with E-state index in [1.165, 1.54) is 19.4 Å². The highest BCUT2D eigenvalue weighted by atomic mass is 15.2. The Labute approximate surface area is 81.7 Å². The van der Waals surface area contributed by atoms with Crippen LogP contribution >= 0.6 is 0 Å². The Morgan fingerprint density at radius 1 is 1.38 bits per heavy atom. The van der Waals surface area contributed by atoms with Crippen LogP contribution in [-0.4, -0.2) is 36.6 Å². The lowest BCUT2D eigenvalue weighted by molar-refractivity contribution is 0.325. The van der Waals surface area contributed by atoms with Gasteiger partial charge in [-0.15, -0.1) is 0 Å². The molecule has 0 amide bonds. The smallest absolute Gasteiger partial charge is 0.0212 e. The van der Waals surface area contributed by atoms with Gasteiger partial charge in [0.05, 0.1) is 0 Å². The van der Waals surface area contributed by atoms with Gasteiger partial charge in [-0.3, -0.25) is 0 Å². The Balaban J connectivity index is 1.79. The molecule has 0 spiro atoms. The summed E-state index contributed by atoms with van der Waals surface area (Å²) in [5, 5.41) is 3.76. The number of hydrogen-bond acceptors (Lipinski definition) is 2. The van der Waals surface area contributed by atoms with E-state index in [1.807, 2.05) is 0 Å². The molecule has 0 bridgehead atoms. The van der Waals surface area contributed by atoms with E-state index in [0.29, 0.717) is 5.41 Å². The molecule has 0 aromatic heterocycles. The molecule has 1 saturated heterocycles. The third-order valence-electron chi connectivity index (χ3n) is 3.84. The fraction of sp³-hybridized carbons (Fsp3) is 1.00. The highest BCUT2D eigenvalue weighted by molar-refractivity contribution is 5.04. The predicted octanol–water partition coefficient (Wildman–Crippen LogP) is 1.47. The van der Waals surface area contributed by atoms with Crippen molar-refractivity contribution in [2.24, 2.45) is 5.41 Å². The molecular weight excluding hydrogens is 160 g/mol. The number of hydrogen-bond donors (Lipinski definition) is 1. The summed E-state index contributed by atoms with van der Waals surface area (Å²) in [7, 11) is 2.23. The minimum atomic E-state index is 0.574. The Morgan fingerprint density at radius 2 is 2.00 bits per heavy atom. The first-order valence-electron chi connectivity index (χ1n) is 5.45. The zero-order valence-corrected chi connectivity index (χ0v) is 9.30. The maximum absolute atomic E-state index is 3.76. The van der Waals surface area contributed by atoms with Crippen LogP contribution in [0.25, 0.3) is 0 Å². The molecule has 0 aromatic carbocycles. The van der Waals surface area contributed by atoms with Gasteiger partial charge in [0.2, 0.25) is 0 Å². The number of likely N-dealkylation sites (tertiary alicyclic amines) is 1. The molecule has 3 unspecified atom stereocenters. The summed E-state index contributed by atoms with van der Waals surface area (Å²) in [6.45, 7) is 8.26. The van der Waals surface area contributed by atoms with Crippen LogP contribution in [0, 0.1) is 5.41 Å². The van der Waals surface area contributed by atoms with Crippen LogP contribution in [0.2, 0.25) is 0 Å². The summed E-state index contributed by atoms with van der Waals surface area (Å²) in [5.74, 6) is 0. The van der Waals surface area contributed by atoms with E-state index in [-0.39, 0.29) is 0 Å². The van der Waals surface area contributed by atoms with E-state index in [2.05, 4.69) is 38.0 Å². The Morgan fingerprint density at radius 3 is 2.38 bits per heavy atom. The quantitative estimate of drug-likeness (QED) is 0.695. The SMILES string of the molecule is CC1CC(NC2CC2(C)C)CN1C. The first-order chi connectivity index (χ1) is 5.99. The molecule has 0 aromatic rings. The summed E-state index contributed by atoms with van der Waals surface area (Å²) >= 11 is 0. The van der Waals surface area contributed by atoms with Crippen LogP contribution < -0.4 is 5.32 Å². The first kappa shape index (κ1) is 9.47. The second-order valence-corrected chi connectivity index (χ2v) is 5.63. The van der Waals surface area contributed by atoms with Gasteiger partial charge in [0, 0.05) is 24.7 Å². The lowest BCUT2D eigenvalue weighted by Gasteiger charge is -2.14. The average molecular weight is 182 g/mol. The summed E-state index contributed by atoms with van der Waals surface area (Å²) in [5.41, 5.74) is 0.574. The van der Waals surface area contributed by atoms with E-state index in [4.69, 9.17) is 0 Å². The molecule has 1 aliphatic heterocycles. The van der Waals surface area contributed by atoms with Crippen molar-refractivity contribution in [1.29, 1.82) is 0 Å². The standard InChI is InChI=1S/C11H22N2/c1-8-5-9(7-13(8)4)12-10-6-11(10,2)3/h8-10,12H,5-7H2,1-4H3. The third kappa shape index (κ3) is 1.89. The van der Waals surface area contributed by atoms with Gasteiger partial charge in [-0.05, 0) is 32.2 Å². The van der Waals surface area contributed by atoms with Gasteiger partial charge >= 0.3 is 0 Å². The lowest BCUT2D eigenvalue weighted by atomic mass is 10.1. The average Bonchev–Trinajstić information content (AvgIpc) is 2.44. The van der Waals surface area contributed by atoms with Crippen LogP contribution in [0.15, 0.2) is 0 Å². The Hall–Kier alpha value is -0.0800. The fourth-order valence-corrected chi connectivity index (χ4v) is 2.35. The van der Waals surface area contributed by atoms with Gasteiger partial charge in [-0.25, -0.2) is 0 Å². The lowest BCUT2D eigenvalue weighted by Crippen LogP contribution is -2.34. The summed E-state index contributed by atoms with van der Waals surface area (Å²) in [6, 6.07) is 2.29. The Bertz CT molecular complexity index is 190. The first-order valence-corrected chi connectivity index (χ1v) is 5.45. The molecule has 3 atom stereocenters. The molecular formula is C11H22N2. The van der Waals surface area contributed by atoms with Gasteiger partial charge in [-0.2, -0.15) is 0 Å². The number of rotatable bonds is 2. The minimum absolute atomic E-state index is 0.574. The van der Waals surface area contributed by atoms with Crippen molar-refractivity contribution >= 4 is 0 Å². The predicted molar refractivity (Wildman–Crippen MR) is 55.8 cm³/mol. The molecule has 1 saturated carbocycles. The van der Waals surface area contributed by atoms with Gasteiger partial charge in [0.1, 0.15) is 0 Å². The highest BCUT2D eigenvalue weighted by Gasteiger charge is 2.47. The molecule has 76 valence electrons. The molecule has 13 heavy (non-hydrogen) atoms. The zero-order chi connectivity index (χ0) is 9.64. The van der Waals surface area contributed by atoms with E-state index in [9.17, 15) is 0 Å². The summed E-state index contributed by atoms with van der Waals surface area (Å²) in [6.07, 6.45) is 2.69. The van der Waals surface area contributed by atoms with Crippen molar-refractivity contribution in [3.63, 3.8) is 0 Å². The largest absolute Gasteiger partial charge is 0.309 e. The third-order valence-corrected chi connectivity index (χ3v) is 3.84. The van der Waals surface area contributed by atoms with E-state index < -0.39 is 0 Å². The fourth-order valence-electron chi connectivity index (χ4n) is 2.35. The van der Waals surface area contributed by atoms with Gasteiger partial charge in [0.15, 0.2) is 0 Å². The van der Waals surface area contributed by atoms with Crippen LogP contribution in [0.1, 0.15) is 33.6 Å². The van der Waals surface area contributed by atoms with Crippen LogP contribution in [0.4, 0.5) is 0 Å². The molecule has 1 N–H and O–H groups in total. The maximum Gasteiger partial charge on any atom is 0.0212 e. The molecule has 1 heterocycles. The van der Waals surface area contributed by atoms with E-state index in [0.717, 1.165) is 18.1 Å². The molecule has 2 heteroatoms. The van der Waals surface area contributed by atoms with Gasteiger partial charge < -0.3 is 10.2 Å². The molecule has 0 radical (unpaired) electrons. The number of likely N-dealkylation sites (N-methyl/N-ethyl adjacent to an activating group) is 1. The second-order valence-electron chi connectivity index (χ2n) is 5.63. The maximum atomic E-state index is 3.76. The van der Waals surface area contributed by atoms with Crippen molar-refractivity contribution < 1.29 is 0 Å². The van der Waals surface area contributed by atoms with Gasteiger partial charge in [-0.1, -0.05) is 13.8 Å². The Kier molecular flexibility index (Phi) is 2.16. The topological polar surface area (TPSA) is 15.3 Å². The van der Waals surface area contributed by atoms with E-state index >= 15 is 0 Å². The molecule has 2 nitrogen and oxygen atoms in total. The number of nitrogens with one attached hydrogen (secondary N) is 1. The second kappa shape index (κ2) is 2.96. The summed E-state index contributed by atoms with van der Waals surface area (Å²) < 4.78 is 0. The molecule has 1 aliphatic carbocycles. The van der Waals surface area contributed by atoms with Crippen molar-refractivity contribution in [2.45, 2.75) is 51.7 Å². The highest BCUT2D eigenvalue weighted by Crippen LogP contribution is 2.45. The van der Waals surface area contributed by atoms with E-state index in [1.54, 1.807) is 0 Å². The van der Waals surface area contributed by atoms with Crippen LogP contribution in [-0.2, 0) is 0 Å². The molecule has 2 aliphatic rings. The zero-order valence-electron chi connectivity index (χ0n) is 9.30. The molecule has 2 fully saturated rings. The normalized spacial score (nSPS) is 43.8. The molecule has 2 rings (SSSR count). The van der Waals surface area contributed by atoms with Crippen molar-refractivity contribution in [3.05, 3.63) is 0 Å². The van der Waals surface area contributed by atoms with Gasteiger partial charge in [0.25, 0.3) is 0 Å². The number of nitrogens with zero attached hydrogens (tertiary/aromatic N) is 1. The van der Waals surface area contributed by atoms with Crippen LogP contribution in [0.5, 0.6) is 0 Å². The minimum Gasteiger partial charge on any atom is -0.309 e. The van der Waals surface area contributed by atoms with Crippen molar-refractivity contribution in [2.75, 3.05) is 13.6 Å². The van der Waals surface area contributed by atoms with Crippen molar-refractivity contribution in [3.8, 4) is 0 Å². The monoisotopic (exact) mass is 182 g/mol.